The van der Waals surface area contributed by atoms with E-state index in [-0.39, 0.29) is 11.9 Å². The summed E-state index contributed by atoms with van der Waals surface area (Å²) in [6.45, 7) is 3.75. The van der Waals surface area contributed by atoms with Gasteiger partial charge < -0.3 is 15.0 Å². The van der Waals surface area contributed by atoms with Crippen LogP contribution in [0.5, 0.6) is 5.75 Å². The van der Waals surface area contributed by atoms with Gasteiger partial charge in [-0.3, -0.25) is 9.89 Å². The molecule has 0 bridgehead atoms. The first kappa shape index (κ1) is 19.1. The van der Waals surface area contributed by atoms with Crippen molar-refractivity contribution in [2.24, 2.45) is 0 Å². The lowest BCUT2D eigenvalue weighted by atomic mass is 10.0. The van der Waals surface area contributed by atoms with Gasteiger partial charge in [-0.15, -0.1) is 0 Å². The zero-order valence-corrected chi connectivity index (χ0v) is 16.8. The van der Waals surface area contributed by atoms with E-state index in [4.69, 9.17) is 4.74 Å². The van der Waals surface area contributed by atoms with Crippen molar-refractivity contribution in [1.29, 1.82) is 0 Å². The molecule has 29 heavy (non-hydrogen) atoms. The first-order chi connectivity index (χ1) is 14.1. The number of carbonyl (C=O) groups is 1. The fourth-order valence-corrected chi connectivity index (χ4v) is 3.62. The molecular formula is C23H26N4O2. The summed E-state index contributed by atoms with van der Waals surface area (Å²) in [6.07, 6.45) is 1.81. The Labute approximate surface area is 170 Å². The van der Waals surface area contributed by atoms with Crippen molar-refractivity contribution in [2.75, 3.05) is 25.1 Å². The van der Waals surface area contributed by atoms with Crippen LogP contribution in [0.3, 0.4) is 0 Å². The number of H-pyrrole nitrogens is 1. The van der Waals surface area contributed by atoms with Gasteiger partial charge >= 0.3 is 0 Å². The number of ether oxygens (including phenoxy) is 1. The third-order valence-corrected chi connectivity index (χ3v) is 5.43. The highest BCUT2D eigenvalue weighted by atomic mass is 16.5. The molecule has 3 aromatic rings. The molecular weight excluding hydrogens is 364 g/mol. The van der Waals surface area contributed by atoms with Gasteiger partial charge in [0.05, 0.1) is 12.8 Å². The predicted octanol–water partition coefficient (Wildman–Crippen LogP) is 3.79. The Morgan fingerprint density at radius 1 is 1.10 bits per heavy atom. The number of nitrogens with one attached hydrogen (secondary N) is 2. The number of aryl methyl sites for hydroxylation is 1. The van der Waals surface area contributed by atoms with Crippen molar-refractivity contribution in [3.8, 4) is 17.0 Å². The van der Waals surface area contributed by atoms with Crippen LogP contribution in [0.1, 0.15) is 28.8 Å². The van der Waals surface area contributed by atoms with Gasteiger partial charge in [-0.25, -0.2) is 0 Å². The van der Waals surface area contributed by atoms with Gasteiger partial charge in [0.2, 0.25) is 0 Å². The zero-order valence-electron chi connectivity index (χ0n) is 16.8. The van der Waals surface area contributed by atoms with Gasteiger partial charge in [0, 0.05) is 30.8 Å². The molecule has 2 N–H and O–H groups in total. The number of aromatic amines is 1. The maximum Gasteiger partial charge on any atom is 0.251 e. The highest BCUT2D eigenvalue weighted by Gasteiger charge is 2.22. The number of nitrogens with zero attached hydrogens (tertiary/aromatic N) is 2. The summed E-state index contributed by atoms with van der Waals surface area (Å²) < 4.78 is 5.21. The van der Waals surface area contributed by atoms with E-state index >= 15 is 0 Å². The smallest absolute Gasteiger partial charge is 0.251 e. The van der Waals surface area contributed by atoms with Gasteiger partial charge in [-0.2, -0.15) is 5.10 Å². The Balaban J connectivity index is 1.33. The first-order valence-electron chi connectivity index (χ1n) is 9.95. The summed E-state index contributed by atoms with van der Waals surface area (Å²) in [4.78, 5) is 14.7. The topological polar surface area (TPSA) is 70.2 Å². The van der Waals surface area contributed by atoms with E-state index in [2.05, 4.69) is 26.5 Å². The summed E-state index contributed by atoms with van der Waals surface area (Å²) in [7, 11) is 1.66. The summed E-state index contributed by atoms with van der Waals surface area (Å²) in [6, 6.07) is 17.9. The van der Waals surface area contributed by atoms with Crippen LogP contribution in [0, 0.1) is 6.92 Å². The van der Waals surface area contributed by atoms with Crippen LogP contribution >= 0.6 is 0 Å². The van der Waals surface area contributed by atoms with E-state index in [0.717, 1.165) is 59.9 Å². The van der Waals surface area contributed by atoms with Crippen molar-refractivity contribution in [3.63, 3.8) is 0 Å². The van der Waals surface area contributed by atoms with Crippen LogP contribution in [0.15, 0.2) is 54.6 Å². The molecule has 2 aromatic carbocycles. The molecule has 0 atom stereocenters. The second kappa shape index (κ2) is 8.39. The van der Waals surface area contributed by atoms with Crippen LogP contribution in [0.25, 0.3) is 11.3 Å². The Morgan fingerprint density at radius 2 is 1.79 bits per heavy atom. The Morgan fingerprint density at radius 3 is 2.45 bits per heavy atom. The predicted molar refractivity (Wildman–Crippen MR) is 114 cm³/mol. The zero-order chi connectivity index (χ0) is 20.2. The number of hydrogen-bond donors (Lipinski definition) is 2. The van der Waals surface area contributed by atoms with Crippen LogP contribution in [-0.4, -0.2) is 42.3 Å². The summed E-state index contributed by atoms with van der Waals surface area (Å²) in [5, 5.41) is 10.8. The van der Waals surface area contributed by atoms with Gasteiger partial charge in [0.25, 0.3) is 5.91 Å². The first-order valence-corrected chi connectivity index (χ1v) is 9.95. The number of piperidine rings is 1. The van der Waals surface area contributed by atoms with E-state index in [9.17, 15) is 4.79 Å². The van der Waals surface area contributed by atoms with Crippen LogP contribution in [0.4, 0.5) is 5.82 Å². The molecule has 0 spiro atoms. The van der Waals surface area contributed by atoms with E-state index in [0.29, 0.717) is 0 Å². The largest absolute Gasteiger partial charge is 0.497 e. The van der Waals surface area contributed by atoms with Crippen LogP contribution in [-0.2, 0) is 0 Å². The number of anilines is 1. The van der Waals surface area contributed by atoms with E-state index in [1.165, 1.54) is 0 Å². The van der Waals surface area contributed by atoms with Crippen molar-refractivity contribution in [3.05, 3.63) is 65.7 Å². The van der Waals surface area contributed by atoms with Gasteiger partial charge in [0.1, 0.15) is 5.75 Å². The molecule has 4 rings (SSSR count). The maximum atomic E-state index is 12.4. The molecule has 0 saturated carbocycles. The lowest BCUT2D eigenvalue weighted by molar-refractivity contribution is 0.0931. The number of amides is 1. The number of hydrogen-bond acceptors (Lipinski definition) is 4. The standard InChI is InChI=1S/C23H26N4O2/c1-16-3-5-18(6-4-16)23(28)24-19-11-13-27(14-12-19)22-15-21(25-26-22)17-7-9-20(29-2)10-8-17/h3-10,15,19H,11-14H2,1-2H3,(H,24,28)(H,25,26). The number of carbonyl (C=O) groups excluding carboxylic acids is 1. The Bertz CT molecular complexity index is 955. The molecule has 150 valence electrons. The number of rotatable bonds is 5. The van der Waals surface area contributed by atoms with Crippen LogP contribution in [0.2, 0.25) is 0 Å². The summed E-state index contributed by atoms with van der Waals surface area (Å²) in [5.74, 6) is 1.78. The molecule has 6 heteroatoms. The second-order valence-electron chi connectivity index (χ2n) is 7.47. The third kappa shape index (κ3) is 4.42. The monoisotopic (exact) mass is 390 g/mol. The third-order valence-electron chi connectivity index (χ3n) is 5.43. The molecule has 1 fully saturated rings. The maximum absolute atomic E-state index is 12.4. The van der Waals surface area contributed by atoms with Crippen molar-refractivity contribution in [2.45, 2.75) is 25.8 Å². The van der Waals surface area contributed by atoms with E-state index < -0.39 is 0 Å². The number of benzene rings is 2. The average molecular weight is 390 g/mol. The molecule has 1 aliphatic rings. The quantitative estimate of drug-likeness (QED) is 0.695. The van der Waals surface area contributed by atoms with E-state index in [1.807, 2.05) is 55.5 Å². The highest BCUT2D eigenvalue weighted by molar-refractivity contribution is 5.94. The minimum absolute atomic E-state index is 0.00464. The average Bonchev–Trinajstić information content (AvgIpc) is 3.25. The van der Waals surface area contributed by atoms with Crippen molar-refractivity contribution >= 4 is 11.7 Å². The van der Waals surface area contributed by atoms with Crippen molar-refractivity contribution in [1.82, 2.24) is 15.5 Å². The molecule has 1 aliphatic heterocycles. The SMILES string of the molecule is COc1ccc(-c2cc(N3CCC(NC(=O)c4ccc(C)cc4)CC3)n[nH]2)cc1. The Kier molecular flexibility index (Phi) is 5.51. The Hall–Kier alpha value is -3.28. The lowest BCUT2D eigenvalue weighted by Gasteiger charge is -2.32. The van der Waals surface area contributed by atoms with E-state index in [1.54, 1.807) is 7.11 Å². The summed E-state index contributed by atoms with van der Waals surface area (Å²) >= 11 is 0. The molecule has 2 heterocycles. The molecule has 6 nitrogen and oxygen atoms in total. The molecule has 1 aromatic heterocycles. The van der Waals surface area contributed by atoms with Crippen molar-refractivity contribution < 1.29 is 9.53 Å². The molecule has 0 radical (unpaired) electrons. The minimum Gasteiger partial charge on any atom is -0.497 e. The lowest BCUT2D eigenvalue weighted by Crippen LogP contribution is -2.44. The minimum atomic E-state index is 0.00464. The summed E-state index contributed by atoms with van der Waals surface area (Å²) in [5.41, 5.74) is 3.93. The van der Waals surface area contributed by atoms with Crippen LogP contribution < -0.4 is 15.0 Å². The molecule has 1 saturated heterocycles. The second-order valence-corrected chi connectivity index (χ2v) is 7.47. The highest BCUT2D eigenvalue weighted by Crippen LogP contribution is 2.25. The number of aromatic nitrogens is 2. The molecule has 0 aliphatic carbocycles. The fraction of sp³-hybridized carbons (Fsp3) is 0.304. The van der Waals surface area contributed by atoms with Gasteiger partial charge in [0.15, 0.2) is 5.82 Å². The van der Waals surface area contributed by atoms with Gasteiger partial charge in [-0.1, -0.05) is 17.7 Å². The molecule has 1 amide bonds. The number of methoxy groups -OCH3 is 1. The van der Waals surface area contributed by atoms with Gasteiger partial charge in [-0.05, 0) is 61.7 Å². The molecule has 0 unspecified atom stereocenters. The fourth-order valence-electron chi connectivity index (χ4n) is 3.62. The normalized spacial score (nSPS) is 14.6.